The largest absolute Gasteiger partial charge is 0.367 e. The second-order valence-corrected chi connectivity index (χ2v) is 6.56. The van der Waals surface area contributed by atoms with E-state index in [0.717, 1.165) is 32.1 Å². The Morgan fingerprint density at radius 2 is 2.24 bits per heavy atom. The number of carbonyl (C=O) groups excluding carboxylic acids is 1. The first-order chi connectivity index (χ1) is 10.1. The number of nitrogens with zero attached hydrogens (tertiary/aromatic N) is 2. The van der Waals surface area contributed by atoms with Crippen molar-refractivity contribution in [2.75, 3.05) is 6.61 Å². The van der Waals surface area contributed by atoms with Gasteiger partial charge in [-0.1, -0.05) is 18.5 Å². The molecule has 0 amide bonds. The summed E-state index contributed by atoms with van der Waals surface area (Å²) in [6.07, 6.45) is 6.50. The van der Waals surface area contributed by atoms with E-state index in [2.05, 4.69) is 17.1 Å². The van der Waals surface area contributed by atoms with Crippen molar-refractivity contribution in [2.24, 2.45) is 11.8 Å². The van der Waals surface area contributed by atoms with Gasteiger partial charge in [-0.15, -0.1) is 0 Å². The van der Waals surface area contributed by atoms with Crippen LogP contribution < -0.4 is 0 Å². The Balaban J connectivity index is 1.76. The summed E-state index contributed by atoms with van der Waals surface area (Å²) in [6, 6.07) is 0. The summed E-state index contributed by atoms with van der Waals surface area (Å²) in [6.45, 7) is 4.88. The van der Waals surface area contributed by atoms with Crippen molar-refractivity contribution in [3.63, 3.8) is 0 Å². The van der Waals surface area contributed by atoms with Crippen LogP contribution in [0.3, 0.4) is 0 Å². The van der Waals surface area contributed by atoms with Gasteiger partial charge in [0.05, 0.1) is 6.42 Å². The van der Waals surface area contributed by atoms with Crippen molar-refractivity contribution in [1.29, 1.82) is 0 Å². The number of aromatic nitrogens is 2. The number of ether oxygens (including phenoxy) is 1. The zero-order chi connectivity index (χ0) is 14.9. The van der Waals surface area contributed by atoms with Gasteiger partial charge < -0.3 is 9.26 Å². The number of ketones is 1. The fraction of sp³-hybridized carbons (Fsp3) is 0.812. The molecule has 21 heavy (non-hydrogen) atoms. The van der Waals surface area contributed by atoms with Gasteiger partial charge in [-0.25, -0.2) is 0 Å². The van der Waals surface area contributed by atoms with Crippen LogP contribution in [0.25, 0.3) is 0 Å². The van der Waals surface area contributed by atoms with E-state index in [4.69, 9.17) is 9.26 Å². The van der Waals surface area contributed by atoms with Gasteiger partial charge in [0, 0.05) is 12.5 Å². The highest BCUT2D eigenvalue weighted by Gasteiger charge is 2.42. The highest BCUT2D eigenvalue weighted by Crippen LogP contribution is 2.41. The average molecular weight is 292 g/mol. The molecule has 3 rings (SSSR count). The van der Waals surface area contributed by atoms with E-state index in [1.807, 2.05) is 6.92 Å². The molecule has 5 nitrogen and oxygen atoms in total. The van der Waals surface area contributed by atoms with Crippen LogP contribution in [-0.4, -0.2) is 22.5 Å². The molecule has 2 aliphatic rings. The van der Waals surface area contributed by atoms with E-state index in [1.165, 1.54) is 6.42 Å². The topological polar surface area (TPSA) is 65.2 Å². The minimum atomic E-state index is -0.420. The summed E-state index contributed by atoms with van der Waals surface area (Å²) in [5, 5.41) is 4.13. The lowest BCUT2D eigenvalue weighted by molar-refractivity contribution is -0.119. The molecule has 1 heterocycles. The Bertz CT molecular complexity index is 505. The maximum atomic E-state index is 11.9. The van der Waals surface area contributed by atoms with Gasteiger partial charge in [0.15, 0.2) is 0 Å². The smallest absolute Gasteiger partial charge is 0.234 e. The van der Waals surface area contributed by atoms with Crippen molar-refractivity contribution >= 4 is 5.78 Å². The molecule has 1 aromatic heterocycles. The maximum absolute atomic E-state index is 11.9. The molecule has 2 saturated carbocycles. The highest BCUT2D eigenvalue weighted by atomic mass is 16.5. The van der Waals surface area contributed by atoms with Gasteiger partial charge in [0.1, 0.15) is 11.4 Å². The van der Waals surface area contributed by atoms with Crippen molar-refractivity contribution in [3.8, 4) is 0 Å². The molecular weight excluding hydrogens is 268 g/mol. The molecule has 0 aromatic carbocycles. The average Bonchev–Trinajstić information content (AvgIpc) is 3.19. The van der Waals surface area contributed by atoms with Crippen molar-refractivity contribution in [3.05, 3.63) is 11.7 Å². The normalized spacial score (nSPS) is 29.5. The maximum Gasteiger partial charge on any atom is 0.234 e. The molecule has 0 bridgehead atoms. The summed E-state index contributed by atoms with van der Waals surface area (Å²) in [7, 11) is 0. The first-order valence-electron chi connectivity index (χ1n) is 8.12. The zero-order valence-corrected chi connectivity index (χ0v) is 12.9. The van der Waals surface area contributed by atoms with Crippen LogP contribution in [-0.2, 0) is 21.6 Å². The summed E-state index contributed by atoms with van der Waals surface area (Å²) >= 11 is 0. The summed E-state index contributed by atoms with van der Waals surface area (Å²) in [4.78, 5) is 16.3. The Labute approximate surface area is 125 Å². The van der Waals surface area contributed by atoms with E-state index in [-0.39, 0.29) is 18.1 Å². The van der Waals surface area contributed by atoms with Gasteiger partial charge in [-0.05, 0) is 44.9 Å². The number of Topliss-reactive ketones (excluding diaryl/α,β-unsaturated/α-hetero) is 1. The van der Waals surface area contributed by atoms with Crippen LogP contribution in [0, 0.1) is 11.8 Å². The third kappa shape index (κ3) is 3.18. The summed E-state index contributed by atoms with van der Waals surface area (Å²) in [5.41, 5.74) is -0.420. The van der Waals surface area contributed by atoms with Gasteiger partial charge in [-0.3, -0.25) is 4.79 Å². The van der Waals surface area contributed by atoms with Crippen LogP contribution in [0.4, 0.5) is 0 Å². The number of hydrogen-bond acceptors (Lipinski definition) is 5. The van der Waals surface area contributed by atoms with Crippen LogP contribution >= 0.6 is 0 Å². The van der Waals surface area contributed by atoms with Gasteiger partial charge in [0.2, 0.25) is 11.7 Å². The molecule has 0 aliphatic heterocycles. The van der Waals surface area contributed by atoms with Gasteiger partial charge in [-0.2, -0.15) is 4.98 Å². The third-order valence-electron chi connectivity index (χ3n) is 4.61. The SMILES string of the molecule is CCOC1(c2noc(CC(=O)C3CC3)n2)CCCC(C)C1. The Morgan fingerprint density at radius 3 is 2.90 bits per heavy atom. The highest BCUT2D eigenvalue weighted by molar-refractivity contribution is 5.84. The number of carbonyl (C=O) groups is 1. The van der Waals surface area contributed by atoms with E-state index in [9.17, 15) is 4.79 Å². The van der Waals surface area contributed by atoms with E-state index >= 15 is 0 Å². The standard InChI is InChI=1S/C16H24N2O3/c1-3-20-16(8-4-5-11(2)10-16)15-17-14(21-18-15)9-13(19)12-6-7-12/h11-12H,3-10H2,1-2H3. The Morgan fingerprint density at radius 1 is 1.43 bits per heavy atom. The van der Waals surface area contributed by atoms with E-state index < -0.39 is 5.60 Å². The zero-order valence-electron chi connectivity index (χ0n) is 12.9. The molecule has 116 valence electrons. The molecule has 2 fully saturated rings. The predicted molar refractivity (Wildman–Crippen MR) is 76.7 cm³/mol. The molecule has 0 N–H and O–H groups in total. The summed E-state index contributed by atoms with van der Waals surface area (Å²) < 4.78 is 11.3. The lowest BCUT2D eigenvalue weighted by Gasteiger charge is -2.37. The Kier molecular flexibility index (Phi) is 4.11. The first kappa shape index (κ1) is 14.7. The lowest BCUT2D eigenvalue weighted by Crippen LogP contribution is -2.36. The summed E-state index contributed by atoms with van der Waals surface area (Å²) in [5.74, 6) is 2.14. The second kappa shape index (κ2) is 5.87. The van der Waals surface area contributed by atoms with E-state index in [0.29, 0.717) is 24.2 Å². The second-order valence-electron chi connectivity index (χ2n) is 6.56. The molecule has 5 heteroatoms. The first-order valence-corrected chi connectivity index (χ1v) is 8.12. The van der Waals surface area contributed by atoms with Crippen LogP contribution in [0.5, 0.6) is 0 Å². The quantitative estimate of drug-likeness (QED) is 0.806. The van der Waals surface area contributed by atoms with Crippen molar-refractivity contribution < 1.29 is 14.1 Å². The predicted octanol–water partition coefficient (Wildman–Crippen LogP) is 3.03. The van der Waals surface area contributed by atoms with Crippen molar-refractivity contribution in [2.45, 2.75) is 64.4 Å². The molecule has 2 atom stereocenters. The Hall–Kier alpha value is -1.23. The van der Waals surface area contributed by atoms with Gasteiger partial charge >= 0.3 is 0 Å². The molecule has 2 aliphatic carbocycles. The monoisotopic (exact) mass is 292 g/mol. The molecule has 1 aromatic rings. The fourth-order valence-corrected chi connectivity index (χ4v) is 3.39. The van der Waals surface area contributed by atoms with Crippen LogP contribution in [0.1, 0.15) is 64.1 Å². The fourth-order valence-electron chi connectivity index (χ4n) is 3.39. The van der Waals surface area contributed by atoms with Gasteiger partial charge in [0.25, 0.3) is 0 Å². The van der Waals surface area contributed by atoms with Crippen molar-refractivity contribution in [1.82, 2.24) is 10.1 Å². The third-order valence-corrected chi connectivity index (χ3v) is 4.61. The minimum Gasteiger partial charge on any atom is -0.367 e. The molecule has 2 unspecified atom stereocenters. The number of rotatable bonds is 6. The lowest BCUT2D eigenvalue weighted by atomic mass is 9.78. The van der Waals surface area contributed by atoms with Crippen LogP contribution in [0.15, 0.2) is 4.52 Å². The minimum absolute atomic E-state index is 0.229. The molecule has 0 saturated heterocycles. The molecule has 0 radical (unpaired) electrons. The molecule has 0 spiro atoms. The van der Waals surface area contributed by atoms with E-state index in [1.54, 1.807) is 0 Å². The number of hydrogen-bond donors (Lipinski definition) is 0. The van der Waals surface area contributed by atoms with Crippen LogP contribution in [0.2, 0.25) is 0 Å². The molecular formula is C16H24N2O3.